The molecule has 1 aromatic heterocycles. The second-order valence-corrected chi connectivity index (χ2v) is 9.58. The van der Waals surface area contributed by atoms with Gasteiger partial charge in [0.25, 0.3) is 5.91 Å². The zero-order valence-corrected chi connectivity index (χ0v) is 20.6. The lowest BCUT2D eigenvalue weighted by molar-refractivity contribution is -0.175. The maximum absolute atomic E-state index is 13.0. The number of hydrogen-bond donors (Lipinski definition) is 2. The largest absolute Gasteiger partial charge is 0.503 e. The first-order valence-electron chi connectivity index (χ1n) is 12.3. The van der Waals surface area contributed by atoms with E-state index in [0.29, 0.717) is 31.8 Å². The fourth-order valence-electron chi connectivity index (χ4n) is 4.50. The van der Waals surface area contributed by atoms with Gasteiger partial charge in [-0.05, 0) is 44.9 Å². The molecule has 9 heteroatoms. The van der Waals surface area contributed by atoms with Crippen LogP contribution >= 0.6 is 0 Å². The molecule has 34 heavy (non-hydrogen) atoms. The van der Waals surface area contributed by atoms with E-state index >= 15 is 0 Å². The summed E-state index contributed by atoms with van der Waals surface area (Å²) in [6.45, 7) is 6.61. The number of pyridine rings is 1. The normalized spacial score (nSPS) is 26.4. The van der Waals surface area contributed by atoms with Crippen molar-refractivity contribution in [2.45, 2.75) is 96.2 Å². The summed E-state index contributed by atoms with van der Waals surface area (Å²) in [5.41, 5.74) is -0.208. The molecule has 0 spiro atoms. The van der Waals surface area contributed by atoms with Crippen LogP contribution in [0.4, 0.5) is 0 Å². The Bertz CT molecular complexity index is 825. The maximum atomic E-state index is 13.0. The second kappa shape index (κ2) is 12.4. The van der Waals surface area contributed by atoms with Crippen LogP contribution in [0.5, 0.6) is 11.5 Å². The number of nitrogens with one attached hydrogen (secondary N) is 1. The van der Waals surface area contributed by atoms with E-state index in [-0.39, 0.29) is 35.5 Å². The number of esters is 1. The lowest BCUT2D eigenvalue weighted by atomic mass is 10.0. The van der Waals surface area contributed by atoms with Crippen molar-refractivity contribution < 1.29 is 33.6 Å². The lowest BCUT2D eigenvalue weighted by Gasteiger charge is -2.33. The van der Waals surface area contributed by atoms with Crippen molar-refractivity contribution >= 4 is 11.9 Å². The number of methoxy groups -OCH3 is 1. The highest BCUT2D eigenvalue weighted by Crippen LogP contribution is 2.30. The number of aromatic hydroxyl groups is 1. The number of carbonyl (C=O) groups excluding carboxylic acids is 2. The molecule has 3 rings (SSSR count). The Labute approximate surface area is 201 Å². The van der Waals surface area contributed by atoms with Crippen LogP contribution in [0, 0.1) is 5.92 Å². The molecule has 0 bridgehead atoms. The first-order chi connectivity index (χ1) is 16.3. The smallest absolute Gasteiger partial charge is 0.329 e. The number of cyclic esters (lactones) is 1. The molecule has 1 aliphatic heterocycles. The lowest BCUT2D eigenvalue weighted by Crippen LogP contribution is -2.46. The quantitative estimate of drug-likeness (QED) is 0.546. The number of ether oxygens (including phenoxy) is 4. The molecule has 4 unspecified atom stereocenters. The molecular formula is C25H38N2O7. The van der Waals surface area contributed by atoms with E-state index in [9.17, 15) is 14.7 Å². The van der Waals surface area contributed by atoms with Crippen molar-refractivity contribution in [1.82, 2.24) is 10.3 Å². The molecule has 0 radical (unpaired) electrons. The van der Waals surface area contributed by atoms with Gasteiger partial charge < -0.3 is 29.4 Å². The van der Waals surface area contributed by atoms with Gasteiger partial charge in [-0.2, -0.15) is 0 Å². The van der Waals surface area contributed by atoms with Crippen LogP contribution in [-0.4, -0.2) is 66.1 Å². The Kier molecular flexibility index (Phi) is 9.53. The van der Waals surface area contributed by atoms with Crippen molar-refractivity contribution in [1.29, 1.82) is 0 Å². The van der Waals surface area contributed by atoms with E-state index in [2.05, 4.69) is 24.1 Å². The summed E-state index contributed by atoms with van der Waals surface area (Å²) in [5.74, 6) is -1.08. The summed E-state index contributed by atoms with van der Waals surface area (Å²) in [6.07, 6.45) is 6.38. The number of aromatic nitrogens is 1. The summed E-state index contributed by atoms with van der Waals surface area (Å²) in [7, 11) is 1.38. The number of carbonyl (C=O) groups is 2. The van der Waals surface area contributed by atoms with Gasteiger partial charge in [0.15, 0.2) is 17.2 Å². The van der Waals surface area contributed by atoms with Gasteiger partial charge >= 0.3 is 5.97 Å². The van der Waals surface area contributed by atoms with Crippen LogP contribution in [0.1, 0.15) is 76.2 Å². The maximum Gasteiger partial charge on any atom is 0.329 e. The average Bonchev–Trinajstić information content (AvgIpc) is 3.32. The highest BCUT2D eigenvalue weighted by molar-refractivity contribution is 5.97. The summed E-state index contributed by atoms with van der Waals surface area (Å²) in [5, 5.41) is 12.9. The van der Waals surface area contributed by atoms with E-state index in [1.807, 2.05) is 6.92 Å². The molecule has 1 aromatic rings. The number of hydrogen-bond acceptors (Lipinski definition) is 8. The van der Waals surface area contributed by atoms with Crippen LogP contribution in [0.25, 0.3) is 0 Å². The van der Waals surface area contributed by atoms with Crippen LogP contribution in [0.15, 0.2) is 12.3 Å². The van der Waals surface area contributed by atoms with Crippen molar-refractivity contribution in [3.63, 3.8) is 0 Å². The fourth-order valence-corrected chi connectivity index (χ4v) is 4.50. The SMILES string of the molecule is COc1ccnc(C(=O)NC2CCCC(OCC(C)C)C(OC3CCCC3)C(C)OC2=O)c1O. The van der Waals surface area contributed by atoms with Gasteiger partial charge in [0.05, 0.1) is 19.3 Å². The molecule has 190 valence electrons. The topological polar surface area (TPSA) is 116 Å². The molecule has 9 nitrogen and oxygen atoms in total. The molecular weight excluding hydrogens is 440 g/mol. The molecule has 0 aromatic carbocycles. The minimum Gasteiger partial charge on any atom is -0.503 e. The van der Waals surface area contributed by atoms with E-state index in [0.717, 1.165) is 25.7 Å². The van der Waals surface area contributed by atoms with Crippen LogP contribution < -0.4 is 10.1 Å². The minimum atomic E-state index is -0.877. The van der Waals surface area contributed by atoms with Gasteiger partial charge in [0.2, 0.25) is 0 Å². The van der Waals surface area contributed by atoms with Gasteiger partial charge in [0.1, 0.15) is 18.2 Å². The standard InChI is InChI=1S/C25H38N2O7/c1-15(2)14-32-20-11-7-10-18(27-24(29)21-22(28)19(31-4)12-13-26-21)25(30)33-16(3)23(20)34-17-8-5-6-9-17/h12-13,15-18,20,23,28H,5-11,14H2,1-4H3,(H,27,29). The predicted octanol–water partition coefficient (Wildman–Crippen LogP) is 3.38. The average molecular weight is 479 g/mol. The summed E-state index contributed by atoms with van der Waals surface area (Å²) < 4.78 is 23.5. The Morgan fingerprint density at radius 3 is 2.65 bits per heavy atom. The highest BCUT2D eigenvalue weighted by atomic mass is 16.6. The van der Waals surface area contributed by atoms with Gasteiger partial charge in [-0.15, -0.1) is 0 Å². The van der Waals surface area contributed by atoms with Crippen molar-refractivity contribution in [2.75, 3.05) is 13.7 Å². The fraction of sp³-hybridized carbons (Fsp3) is 0.720. The Balaban J connectivity index is 1.73. The van der Waals surface area contributed by atoms with Crippen molar-refractivity contribution in [3.8, 4) is 11.5 Å². The molecule has 1 aliphatic carbocycles. The summed E-state index contributed by atoms with van der Waals surface area (Å²) >= 11 is 0. The van der Waals surface area contributed by atoms with Crippen LogP contribution in [0.3, 0.4) is 0 Å². The molecule has 1 saturated carbocycles. The third-order valence-electron chi connectivity index (χ3n) is 6.32. The molecule has 2 fully saturated rings. The predicted molar refractivity (Wildman–Crippen MR) is 125 cm³/mol. The Morgan fingerprint density at radius 2 is 1.97 bits per heavy atom. The van der Waals surface area contributed by atoms with Gasteiger partial charge in [-0.25, -0.2) is 9.78 Å². The molecule has 2 N–H and O–H groups in total. The zero-order valence-electron chi connectivity index (χ0n) is 20.6. The third-order valence-corrected chi connectivity index (χ3v) is 6.32. The van der Waals surface area contributed by atoms with Crippen molar-refractivity contribution in [2.24, 2.45) is 5.92 Å². The van der Waals surface area contributed by atoms with E-state index in [1.54, 1.807) is 0 Å². The summed E-state index contributed by atoms with van der Waals surface area (Å²) in [6, 6.07) is 0.572. The summed E-state index contributed by atoms with van der Waals surface area (Å²) in [4.78, 5) is 29.8. The molecule has 4 atom stereocenters. The van der Waals surface area contributed by atoms with Gasteiger partial charge in [0, 0.05) is 18.9 Å². The van der Waals surface area contributed by atoms with E-state index in [4.69, 9.17) is 18.9 Å². The van der Waals surface area contributed by atoms with Gasteiger partial charge in [-0.1, -0.05) is 26.7 Å². The Morgan fingerprint density at radius 1 is 1.24 bits per heavy atom. The molecule has 1 saturated heterocycles. The highest BCUT2D eigenvalue weighted by Gasteiger charge is 2.37. The first-order valence-corrected chi connectivity index (χ1v) is 12.3. The number of amides is 1. The number of nitrogens with zero attached hydrogens (tertiary/aromatic N) is 1. The van der Waals surface area contributed by atoms with Gasteiger partial charge in [-0.3, -0.25) is 4.79 Å². The monoisotopic (exact) mass is 478 g/mol. The minimum absolute atomic E-state index is 0.128. The second-order valence-electron chi connectivity index (χ2n) is 9.58. The van der Waals surface area contributed by atoms with E-state index < -0.39 is 24.0 Å². The molecule has 1 amide bonds. The molecule has 2 aliphatic rings. The van der Waals surface area contributed by atoms with Crippen molar-refractivity contribution in [3.05, 3.63) is 18.0 Å². The van der Waals surface area contributed by atoms with Crippen LogP contribution in [0.2, 0.25) is 0 Å². The third kappa shape index (κ3) is 6.82. The molecule has 2 heterocycles. The number of rotatable bonds is 8. The van der Waals surface area contributed by atoms with Crippen LogP contribution in [-0.2, 0) is 19.0 Å². The Hall–Kier alpha value is -2.39. The van der Waals surface area contributed by atoms with E-state index in [1.165, 1.54) is 19.4 Å². The first kappa shape index (κ1) is 26.2. The zero-order chi connectivity index (χ0) is 24.7.